The maximum absolute atomic E-state index is 6.08. The summed E-state index contributed by atoms with van der Waals surface area (Å²) in [5.41, 5.74) is 0.828. The smallest absolute Gasteiger partial charge is 0.149 e. The SMILES string of the molecule is CNCc1nnc(-c2cc(Cl)ccc2Cl)s1. The molecule has 0 aliphatic carbocycles. The number of rotatable bonds is 3. The minimum absolute atomic E-state index is 0.636. The van der Waals surface area contributed by atoms with Crippen molar-refractivity contribution in [1.29, 1.82) is 0 Å². The summed E-state index contributed by atoms with van der Waals surface area (Å²) >= 11 is 13.5. The molecule has 0 saturated heterocycles. The van der Waals surface area contributed by atoms with E-state index in [0.717, 1.165) is 15.6 Å². The molecule has 0 spiro atoms. The summed E-state index contributed by atoms with van der Waals surface area (Å²) in [7, 11) is 1.87. The molecule has 1 heterocycles. The van der Waals surface area contributed by atoms with Crippen LogP contribution in [0.2, 0.25) is 10.0 Å². The van der Waals surface area contributed by atoms with Crippen LogP contribution in [0.25, 0.3) is 10.6 Å². The van der Waals surface area contributed by atoms with Gasteiger partial charge in [-0.15, -0.1) is 10.2 Å². The van der Waals surface area contributed by atoms with Gasteiger partial charge in [-0.3, -0.25) is 0 Å². The van der Waals surface area contributed by atoms with Crippen LogP contribution in [-0.2, 0) is 6.54 Å². The monoisotopic (exact) mass is 273 g/mol. The van der Waals surface area contributed by atoms with Gasteiger partial charge in [0.25, 0.3) is 0 Å². The maximum atomic E-state index is 6.08. The third-order valence-electron chi connectivity index (χ3n) is 1.95. The molecule has 0 unspecified atom stereocenters. The van der Waals surface area contributed by atoms with Gasteiger partial charge >= 0.3 is 0 Å². The van der Waals surface area contributed by atoms with Gasteiger partial charge in [0.05, 0.1) is 5.02 Å². The van der Waals surface area contributed by atoms with Crippen LogP contribution in [0.1, 0.15) is 5.01 Å². The standard InChI is InChI=1S/C10H9Cl2N3S/c1-13-5-9-14-15-10(16-9)7-4-6(11)2-3-8(7)12/h2-4,13H,5H2,1H3. The minimum Gasteiger partial charge on any atom is -0.313 e. The van der Waals surface area contributed by atoms with Crippen molar-refractivity contribution < 1.29 is 0 Å². The normalized spacial score (nSPS) is 10.7. The second-order valence-corrected chi connectivity index (χ2v) is 5.06. The predicted molar refractivity (Wildman–Crippen MR) is 68.1 cm³/mol. The Morgan fingerprint density at radius 2 is 2.12 bits per heavy atom. The highest BCUT2D eigenvalue weighted by Gasteiger charge is 2.10. The fourth-order valence-electron chi connectivity index (χ4n) is 1.25. The summed E-state index contributed by atoms with van der Waals surface area (Å²) in [6, 6.07) is 5.31. The summed E-state index contributed by atoms with van der Waals surface area (Å²) < 4.78 is 0. The lowest BCUT2D eigenvalue weighted by Gasteiger charge is -1.99. The zero-order chi connectivity index (χ0) is 11.5. The highest BCUT2D eigenvalue weighted by molar-refractivity contribution is 7.14. The van der Waals surface area contributed by atoms with E-state index in [-0.39, 0.29) is 0 Å². The number of nitrogens with one attached hydrogen (secondary N) is 1. The Hall–Kier alpha value is -0.680. The van der Waals surface area contributed by atoms with Crippen LogP contribution in [0.15, 0.2) is 18.2 Å². The van der Waals surface area contributed by atoms with Crippen LogP contribution in [0.5, 0.6) is 0 Å². The Bertz CT molecular complexity index is 499. The van der Waals surface area contributed by atoms with E-state index < -0.39 is 0 Å². The van der Waals surface area contributed by atoms with E-state index in [2.05, 4.69) is 15.5 Å². The summed E-state index contributed by atoms with van der Waals surface area (Å²) in [6.07, 6.45) is 0. The van der Waals surface area contributed by atoms with Crippen molar-refractivity contribution in [3.63, 3.8) is 0 Å². The molecule has 84 valence electrons. The second kappa shape index (κ2) is 5.10. The highest BCUT2D eigenvalue weighted by atomic mass is 35.5. The molecule has 0 radical (unpaired) electrons. The molecule has 1 N–H and O–H groups in total. The number of hydrogen-bond acceptors (Lipinski definition) is 4. The molecule has 2 rings (SSSR count). The Balaban J connectivity index is 2.38. The Labute approximate surface area is 107 Å². The molecule has 0 amide bonds. The first-order chi connectivity index (χ1) is 7.70. The van der Waals surface area contributed by atoms with E-state index in [0.29, 0.717) is 16.6 Å². The minimum atomic E-state index is 0.636. The average Bonchev–Trinajstić information content (AvgIpc) is 2.71. The van der Waals surface area contributed by atoms with E-state index in [1.165, 1.54) is 11.3 Å². The molecule has 0 saturated carbocycles. The van der Waals surface area contributed by atoms with Crippen molar-refractivity contribution in [1.82, 2.24) is 15.5 Å². The van der Waals surface area contributed by atoms with Crippen LogP contribution in [-0.4, -0.2) is 17.2 Å². The second-order valence-electron chi connectivity index (χ2n) is 3.16. The number of halogens is 2. The third-order valence-corrected chi connectivity index (χ3v) is 3.47. The van der Waals surface area contributed by atoms with Crippen molar-refractivity contribution in [3.8, 4) is 10.6 Å². The predicted octanol–water partition coefficient (Wildman–Crippen LogP) is 3.23. The molecule has 2 aromatic rings. The summed E-state index contributed by atoms with van der Waals surface area (Å²) in [5, 5.41) is 14.2. The van der Waals surface area contributed by atoms with Gasteiger partial charge in [0.15, 0.2) is 0 Å². The van der Waals surface area contributed by atoms with Gasteiger partial charge in [0.1, 0.15) is 10.0 Å². The zero-order valence-corrected chi connectivity index (χ0v) is 10.8. The highest BCUT2D eigenvalue weighted by Crippen LogP contribution is 2.32. The van der Waals surface area contributed by atoms with E-state index >= 15 is 0 Å². The van der Waals surface area contributed by atoms with Gasteiger partial charge in [0, 0.05) is 17.1 Å². The lowest BCUT2D eigenvalue weighted by atomic mass is 10.2. The average molecular weight is 274 g/mol. The Kier molecular flexibility index (Phi) is 3.76. The number of nitrogens with zero attached hydrogens (tertiary/aromatic N) is 2. The number of benzene rings is 1. The van der Waals surface area contributed by atoms with E-state index in [1.807, 2.05) is 7.05 Å². The van der Waals surface area contributed by atoms with Gasteiger partial charge in [-0.25, -0.2) is 0 Å². The van der Waals surface area contributed by atoms with Crippen molar-refractivity contribution in [3.05, 3.63) is 33.3 Å². The largest absolute Gasteiger partial charge is 0.313 e. The Morgan fingerprint density at radius 3 is 2.88 bits per heavy atom. The van der Waals surface area contributed by atoms with Crippen molar-refractivity contribution in [2.24, 2.45) is 0 Å². The zero-order valence-electron chi connectivity index (χ0n) is 8.50. The van der Waals surface area contributed by atoms with E-state index in [9.17, 15) is 0 Å². The van der Waals surface area contributed by atoms with Gasteiger partial charge in [-0.05, 0) is 25.2 Å². The lowest BCUT2D eigenvalue weighted by Crippen LogP contribution is -2.04. The molecule has 0 atom stereocenters. The van der Waals surface area contributed by atoms with Crippen molar-refractivity contribution in [2.45, 2.75) is 6.54 Å². The third kappa shape index (κ3) is 2.52. The lowest BCUT2D eigenvalue weighted by molar-refractivity contribution is 0.795. The molecule has 0 aliphatic heterocycles. The summed E-state index contributed by atoms with van der Waals surface area (Å²) in [6.45, 7) is 0.704. The summed E-state index contributed by atoms with van der Waals surface area (Å²) in [4.78, 5) is 0. The first-order valence-electron chi connectivity index (χ1n) is 4.63. The first kappa shape index (κ1) is 11.8. The van der Waals surface area contributed by atoms with Crippen LogP contribution in [0.3, 0.4) is 0 Å². The molecule has 3 nitrogen and oxygen atoms in total. The number of aromatic nitrogens is 2. The fourth-order valence-corrected chi connectivity index (χ4v) is 2.56. The molecule has 1 aromatic heterocycles. The quantitative estimate of drug-likeness (QED) is 0.933. The first-order valence-corrected chi connectivity index (χ1v) is 6.20. The molecule has 1 aromatic carbocycles. The van der Waals surface area contributed by atoms with Crippen LogP contribution in [0.4, 0.5) is 0 Å². The molecule has 0 fully saturated rings. The Morgan fingerprint density at radius 1 is 1.31 bits per heavy atom. The van der Waals surface area contributed by atoms with E-state index in [1.54, 1.807) is 18.2 Å². The molecule has 6 heteroatoms. The van der Waals surface area contributed by atoms with E-state index in [4.69, 9.17) is 23.2 Å². The van der Waals surface area contributed by atoms with Gasteiger partial charge < -0.3 is 5.32 Å². The topological polar surface area (TPSA) is 37.8 Å². The van der Waals surface area contributed by atoms with Crippen LogP contribution in [0, 0.1) is 0 Å². The van der Waals surface area contributed by atoms with Crippen LogP contribution >= 0.6 is 34.5 Å². The van der Waals surface area contributed by atoms with Crippen LogP contribution < -0.4 is 5.32 Å². The van der Waals surface area contributed by atoms with Gasteiger partial charge in [-0.1, -0.05) is 34.5 Å². The van der Waals surface area contributed by atoms with Crippen molar-refractivity contribution >= 4 is 34.5 Å². The molecular formula is C10H9Cl2N3S. The molecule has 0 aliphatic rings. The molecule has 16 heavy (non-hydrogen) atoms. The number of hydrogen-bond donors (Lipinski definition) is 1. The van der Waals surface area contributed by atoms with Crippen molar-refractivity contribution in [2.75, 3.05) is 7.05 Å². The molecule has 0 bridgehead atoms. The van der Waals surface area contributed by atoms with Gasteiger partial charge in [0.2, 0.25) is 0 Å². The van der Waals surface area contributed by atoms with Gasteiger partial charge in [-0.2, -0.15) is 0 Å². The maximum Gasteiger partial charge on any atom is 0.149 e. The molecular weight excluding hydrogens is 265 g/mol. The summed E-state index contributed by atoms with van der Waals surface area (Å²) in [5.74, 6) is 0. The fraction of sp³-hybridized carbons (Fsp3) is 0.200.